The van der Waals surface area contributed by atoms with Crippen molar-refractivity contribution in [1.29, 1.82) is 0 Å². The number of rotatable bonds is 8. The van der Waals surface area contributed by atoms with Gasteiger partial charge in [-0.2, -0.15) is 0 Å². The zero-order chi connectivity index (χ0) is 24.2. The molecule has 0 aliphatic rings. The third-order valence-electron chi connectivity index (χ3n) is 4.71. The summed E-state index contributed by atoms with van der Waals surface area (Å²) >= 11 is 4.64. The van der Waals surface area contributed by atoms with Crippen LogP contribution in [0, 0.1) is 6.92 Å². The second-order valence-electron chi connectivity index (χ2n) is 8.30. The van der Waals surface area contributed by atoms with Crippen LogP contribution in [0.15, 0.2) is 53.1 Å². The number of aromatic nitrogens is 1. The molecule has 0 fully saturated rings. The van der Waals surface area contributed by atoms with E-state index < -0.39 is 22.1 Å². The number of esters is 1. The molecule has 0 aliphatic heterocycles. The lowest BCUT2D eigenvalue weighted by molar-refractivity contribution is -0.134. The van der Waals surface area contributed by atoms with Gasteiger partial charge in [0.05, 0.1) is 18.5 Å². The van der Waals surface area contributed by atoms with Crippen LogP contribution < -0.4 is 9.46 Å². The molecule has 0 amide bonds. The monoisotopic (exact) mass is 488 g/mol. The number of nitrogens with one attached hydrogen (secondary N) is 1. The Balaban J connectivity index is 1.81. The van der Waals surface area contributed by atoms with Crippen molar-refractivity contribution in [2.24, 2.45) is 0 Å². The summed E-state index contributed by atoms with van der Waals surface area (Å²) in [4.78, 5) is 25.6. The third kappa shape index (κ3) is 6.23. The van der Waals surface area contributed by atoms with Gasteiger partial charge in [0.2, 0.25) is 0 Å². The molecule has 0 radical (unpaired) electrons. The van der Waals surface area contributed by atoms with Gasteiger partial charge in [-0.05, 0) is 57.1 Å². The maximum atomic E-state index is 13.2. The van der Waals surface area contributed by atoms with Crippen molar-refractivity contribution in [3.63, 3.8) is 0 Å². The highest BCUT2D eigenvalue weighted by molar-refractivity contribution is 7.90. The Kier molecular flexibility index (Phi) is 7.97. The van der Waals surface area contributed by atoms with E-state index in [0.717, 1.165) is 0 Å². The fourth-order valence-corrected chi connectivity index (χ4v) is 3.85. The molecule has 1 N–H and O–H groups in total. The molecule has 0 bridgehead atoms. The number of benzene rings is 2. The summed E-state index contributed by atoms with van der Waals surface area (Å²) < 4.78 is 25.1. The number of carbonyl (C=O) groups excluding carboxylic acids is 2. The molecule has 33 heavy (non-hydrogen) atoms. The Labute approximate surface area is 200 Å². The van der Waals surface area contributed by atoms with Crippen molar-refractivity contribution >= 4 is 34.7 Å². The zero-order valence-electron chi connectivity index (χ0n) is 18.8. The van der Waals surface area contributed by atoms with Crippen molar-refractivity contribution < 1.29 is 23.4 Å². The number of carbonyl (C=O) groups is 2. The second kappa shape index (κ2) is 10.5. The van der Waals surface area contributed by atoms with E-state index in [-0.39, 0.29) is 24.6 Å². The second-order valence-corrected chi connectivity index (χ2v) is 10.8. The average molecular weight is 489 g/mol. The van der Waals surface area contributed by atoms with Gasteiger partial charge in [-0.25, -0.2) is 0 Å². The molecule has 0 saturated heterocycles. The van der Waals surface area contributed by atoms with E-state index in [2.05, 4.69) is 9.88 Å². The zero-order valence-corrected chi connectivity index (χ0v) is 20.4. The Morgan fingerprint density at radius 1 is 1.15 bits per heavy atom. The molecular formula is C24H25ClN2O5S. The van der Waals surface area contributed by atoms with E-state index in [0.29, 0.717) is 33.0 Å². The molecule has 174 valence electrons. The number of hydrogen-bond donors (Lipinski definition) is 1. The molecule has 0 spiro atoms. The van der Waals surface area contributed by atoms with Gasteiger partial charge in [0.25, 0.3) is 5.88 Å². The molecule has 1 heterocycles. The largest absolute Gasteiger partial charge is 0.598 e. The van der Waals surface area contributed by atoms with Gasteiger partial charge in [0, 0.05) is 33.1 Å². The summed E-state index contributed by atoms with van der Waals surface area (Å²) in [5.41, 5.74) is 1.83. The molecule has 2 aromatic carbocycles. The van der Waals surface area contributed by atoms with Crippen LogP contribution in [0.1, 0.15) is 48.9 Å². The SMILES string of the molecule is Cc1onc(OC(=O)CCN[S@+]([O-])C(C)(C)C)c1-c1ccccc1C(=O)c1ccc(Cl)cc1. The van der Waals surface area contributed by atoms with E-state index >= 15 is 0 Å². The Morgan fingerprint density at radius 3 is 2.48 bits per heavy atom. The highest BCUT2D eigenvalue weighted by Crippen LogP contribution is 2.36. The number of hydrogen-bond acceptors (Lipinski definition) is 7. The van der Waals surface area contributed by atoms with Gasteiger partial charge in [-0.15, -0.1) is 4.72 Å². The summed E-state index contributed by atoms with van der Waals surface area (Å²) in [6.45, 7) is 7.36. The first kappa shape index (κ1) is 25.0. The van der Waals surface area contributed by atoms with E-state index in [9.17, 15) is 14.1 Å². The lowest BCUT2D eigenvalue weighted by atomic mass is 9.94. The van der Waals surface area contributed by atoms with Crippen LogP contribution in [0.5, 0.6) is 5.88 Å². The van der Waals surface area contributed by atoms with Crippen molar-refractivity contribution in [3.05, 3.63) is 70.4 Å². The van der Waals surface area contributed by atoms with E-state index in [1.54, 1.807) is 55.5 Å². The Bertz CT molecular complexity index is 1140. The first-order valence-electron chi connectivity index (χ1n) is 10.3. The van der Waals surface area contributed by atoms with Gasteiger partial charge in [0.15, 0.2) is 5.78 Å². The van der Waals surface area contributed by atoms with Crippen molar-refractivity contribution in [2.45, 2.75) is 38.9 Å². The van der Waals surface area contributed by atoms with Gasteiger partial charge >= 0.3 is 5.97 Å². The molecular weight excluding hydrogens is 464 g/mol. The van der Waals surface area contributed by atoms with E-state index in [1.165, 1.54) is 0 Å². The minimum atomic E-state index is -1.30. The number of halogens is 1. The van der Waals surface area contributed by atoms with Crippen LogP contribution in [-0.2, 0) is 16.2 Å². The normalized spacial score (nSPS) is 12.4. The minimum absolute atomic E-state index is 0.0154. The molecule has 3 rings (SSSR count). The first-order valence-corrected chi connectivity index (χ1v) is 11.8. The quantitative estimate of drug-likeness (QED) is 0.273. The summed E-state index contributed by atoms with van der Waals surface area (Å²) in [5, 5.41) is 4.40. The third-order valence-corrected chi connectivity index (χ3v) is 6.54. The highest BCUT2D eigenvalue weighted by Gasteiger charge is 2.27. The molecule has 9 heteroatoms. The minimum Gasteiger partial charge on any atom is -0.598 e. The lowest BCUT2D eigenvalue weighted by Gasteiger charge is -2.23. The maximum absolute atomic E-state index is 13.2. The molecule has 0 unspecified atom stereocenters. The lowest BCUT2D eigenvalue weighted by Crippen LogP contribution is -2.40. The van der Waals surface area contributed by atoms with E-state index in [4.69, 9.17) is 20.9 Å². The molecule has 1 aromatic heterocycles. The van der Waals surface area contributed by atoms with Crippen LogP contribution in [0.4, 0.5) is 0 Å². The number of ether oxygens (including phenoxy) is 1. The summed E-state index contributed by atoms with van der Waals surface area (Å²) in [5.74, 6) is -0.398. The van der Waals surface area contributed by atoms with Gasteiger partial charge in [-0.1, -0.05) is 35.9 Å². The molecule has 0 aliphatic carbocycles. The smallest absolute Gasteiger partial charge is 0.314 e. The number of ketones is 1. The van der Waals surface area contributed by atoms with Crippen LogP contribution in [0.3, 0.4) is 0 Å². The van der Waals surface area contributed by atoms with Crippen molar-refractivity contribution in [2.75, 3.05) is 6.54 Å². The van der Waals surface area contributed by atoms with Gasteiger partial charge in [-0.3, -0.25) is 9.59 Å². The summed E-state index contributed by atoms with van der Waals surface area (Å²) in [6, 6.07) is 13.6. The predicted octanol–water partition coefficient (Wildman–Crippen LogP) is 4.88. The number of nitrogens with zero attached hydrogens (tertiary/aromatic N) is 1. The van der Waals surface area contributed by atoms with Crippen molar-refractivity contribution in [1.82, 2.24) is 9.88 Å². The maximum Gasteiger partial charge on any atom is 0.314 e. The molecule has 0 saturated carbocycles. The van der Waals surface area contributed by atoms with Gasteiger partial charge in [0.1, 0.15) is 10.5 Å². The van der Waals surface area contributed by atoms with Crippen LogP contribution >= 0.6 is 11.6 Å². The standard InChI is InChI=1S/C24H25ClN2O5S/c1-15-21(23(27-32-15)31-20(28)13-14-26-33(30)24(2,3)4)18-7-5-6-8-19(18)22(29)16-9-11-17(25)12-10-16/h5-12,26H,13-14H2,1-4H3/t33-/m1/s1. The summed E-state index contributed by atoms with van der Waals surface area (Å²) in [6.07, 6.45) is -0.0154. The van der Waals surface area contributed by atoms with Gasteiger partial charge < -0.3 is 13.8 Å². The Hall–Kier alpha value is -2.65. The fraction of sp³-hybridized carbons (Fsp3) is 0.292. The topological polar surface area (TPSA) is 104 Å². The van der Waals surface area contributed by atoms with Crippen LogP contribution in [0.2, 0.25) is 5.02 Å². The van der Waals surface area contributed by atoms with Crippen LogP contribution in [-0.4, -0.2) is 32.8 Å². The highest BCUT2D eigenvalue weighted by atomic mass is 35.5. The Morgan fingerprint density at radius 2 is 1.82 bits per heavy atom. The van der Waals surface area contributed by atoms with Crippen molar-refractivity contribution in [3.8, 4) is 17.0 Å². The molecule has 7 nitrogen and oxygen atoms in total. The van der Waals surface area contributed by atoms with E-state index in [1.807, 2.05) is 20.8 Å². The predicted molar refractivity (Wildman–Crippen MR) is 128 cm³/mol. The molecule has 3 aromatic rings. The number of aryl methyl sites for hydroxylation is 1. The van der Waals surface area contributed by atoms with Crippen LogP contribution in [0.25, 0.3) is 11.1 Å². The summed E-state index contributed by atoms with van der Waals surface area (Å²) in [7, 11) is 0. The fourth-order valence-electron chi connectivity index (χ4n) is 3.00. The first-order chi connectivity index (χ1) is 15.6. The average Bonchev–Trinajstić information content (AvgIpc) is 3.12. The molecule has 1 atom stereocenters.